The molecule has 0 saturated carbocycles. The number of nitrogens with one attached hydrogen (secondary N) is 1. The average molecular weight is 265 g/mol. The second-order valence-corrected chi connectivity index (χ2v) is 5.84. The molecule has 0 spiro atoms. The molecule has 0 radical (unpaired) electrons. The minimum absolute atomic E-state index is 0.0519. The summed E-state index contributed by atoms with van der Waals surface area (Å²) in [6, 6.07) is 2.05. The summed E-state index contributed by atoms with van der Waals surface area (Å²) < 4.78 is 0. The SMILES string of the molecule is CNCCCN(C)c1cc(N(C)C(C)(C)C)ncn1. The quantitative estimate of drug-likeness (QED) is 0.794. The van der Waals surface area contributed by atoms with Gasteiger partial charge >= 0.3 is 0 Å². The molecule has 0 aliphatic carbocycles. The Bertz CT molecular complexity index is 386. The third-order valence-electron chi connectivity index (χ3n) is 3.30. The van der Waals surface area contributed by atoms with Crippen molar-refractivity contribution in [1.82, 2.24) is 15.3 Å². The molecule has 0 unspecified atom stereocenters. The predicted octanol–water partition coefficient (Wildman–Crippen LogP) is 1.76. The summed E-state index contributed by atoms with van der Waals surface area (Å²) in [6.45, 7) is 8.52. The molecule has 1 rings (SSSR count). The number of hydrogen-bond donors (Lipinski definition) is 1. The molecular formula is C14H27N5. The fraction of sp³-hybridized carbons (Fsp3) is 0.714. The van der Waals surface area contributed by atoms with Gasteiger partial charge in [-0.1, -0.05) is 0 Å². The van der Waals surface area contributed by atoms with E-state index in [1.807, 2.05) is 13.1 Å². The van der Waals surface area contributed by atoms with Crippen molar-refractivity contribution in [3.05, 3.63) is 12.4 Å². The number of hydrogen-bond acceptors (Lipinski definition) is 5. The van der Waals surface area contributed by atoms with E-state index in [2.05, 4.69) is 60.0 Å². The molecule has 108 valence electrons. The topological polar surface area (TPSA) is 44.3 Å². The van der Waals surface area contributed by atoms with Crippen LogP contribution in [0.5, 0.6) is 0 Å². The van der Waals surface area contributed by atoms with Crippen molar-refractivity contribution in [3.63, 3.8) is 0 Å². The lowest BCUT2D eigenvalue weighted by atomic mass is 10.1. The van der Waals surface area contributed by atoms with E-state index in [9.17, 15) is 0 Å². The molecule has 1 aromatic heterocycles. The van der Waals surface area contributed by atoms with E-state index in [4.69, 9.17) is 0 Å². The van der Waals surface area contributed by atoms with Crippen LogP contribution in [0.15, 0.2) is 12.4 Å². The molecule has 0 aliphatic heterocycles. The highest BCUT2D eigenvalue weighted by molar-refractivity contribution is 5.50. The maximum Gasteiger partial charge on any atom is 0.134 e. The largest absolute Gasteiger partial charge is 0.359 e. The van der Waals surface area contributed by atoms with Gasteiger partial charge in [0.2, 0.25) is 0 Å². The molecule has 1 heterocycles. The highest BCUT2D eigenvalue weighted by Gasteiger charge is 2.19. The van der Waals surface area contributed by atoms with Crippen molar-refractivity contribution in [2.24, 2.45) is 0 Å². The molecule has 0 aromatic carbocycles. The average Bonchev–Trinajstić information content (AvgIpc) is 2.37. The van der Waals surface area contributed by atoms with Crippen LogP contribution in [-0.2, 0) is 0 Å². The van der Waals surface area contributed by atoms with E-state index in [1.165, 1.54) is 0 Å². The minimum atomic E-state index is 0.0519. The van der Waals surface area contributed by atoms with Gasteiger partial charge < -0.3 is 15.1 Å². The van der Waals surface area contributed by atoms with Gasteiger partial charge in [0.25, 0.3) is 0 Å². The molecule has 0 aliphatic rings. The number of rotatable bonds is 6. The molecule has 0 fully saturated rings. The summed E-state index contributed by atoms with van der Waals surface area (Å²) in [7, 11) is 6.10. The van der Waals surface area contributed by atoms with Crippen molar-refractivity contribution in [1.29, 1.82) is 0 Å². The normalized spacial score (nSPS) is 11.5. The van der Waals surface area contributed by atoms with Gasteiger partial charge in [0.1, 0.15) is 18.0 Å². The monoisotopic (exact) mass is 265 g/mol. The first-order chi connectivity index (χ1) is 8.86. The van der Waals surface area contributed by atoms with Crippen LogP contribution >= 0.6 is 0 Å². The zero-order valence-corrected chi connectivity index (χ0v) is 13.1. The predicted molar refractivity (Wildman–Crippen MR) is 82.0 cm³/mol. The van der Waals surface area contributed by atoms with Gasteiger partial charge in [-0.15, -0.1) is 0 Å². The smallest absolute Gasteiger partial charge is 0.134 e. The maximum absolute atomic E-state index is 4.36. The van der Waals surface area contributed by atoms with Crippen molar-refractivity contribution < 1.29 is 0 Å². The minimum Gasteiger partial charge on any atom is -0.359 e. The lowest BCUT2D eigenvalue weighted by molar-refractivity contribution is 0.533. The van der Waals surface area contributed by atoms with Gasteiger partial charge in [0.05, 0.1) is 0 Å². The molecule has 0 atom stereocenters. The Morgan fingerprint density at radius 1 is 1.16 bits per heavy atom. The third-order valence-corrected chi connectivity index (χ3v) is 3.30. The first-order valence-corrected chi connectivity index (χ1v) is 6.78. The van der Waals surface area contributed by atoms with E-state index < -0.39 is 0 Å². The summed E-state index contributed by atoms with van der Waals surface area (Å²) in [5.41, 5.74) is 0.0519. The summed E-state index contributed by atoms with van der Waals surface area (Å²) in [6.07, 6.45) is 2.74. The first kappa shape index (κ1) is 15.7. The Balaban J connectivity index is 2.76. The van der Waals surface area contributed by atoms with Gasteiger partial charge in [-0.25, -0.2) is 9.97 Å². The van der Waals surface area contributed by atoms with Gasteiger partial charge in [-0.05, 0) is 40.8 Å². The fourth-order valence-electron chi connectivity index (χ4n) is 1.68. The van der Waals surface area contributed by atoms with E-state index in [0.29, 0.717) is 0 Å². The van der Waals surface area contributed by atoms with Crippen LogP contribution in [-0.4, -0.2) is 49.7 Å². The van der Waals surface area contributed by atoms with E-state index in [0.717, 1.165) is 31.1 Å². The van der Waals surface area contributed by atoms with Crippen LogP contribution in [0, 0.1) is 0 Å². The van der Waals surface area contributed by atoms with Crippen LogP contribution < -0.4 is 15.1 Å². The van der Waals surface area contributed by atoms with Crippen LogP contribution in [0.3, 0.4) is 0 Å². The second-order valence-electron chi connectivity index (χ2n) is 5.84. The number of anilines is 2. The zero-order valence-electron chi connectivity index (χ0n) is 13.1. The number of nitrogens with zero attached hydrogens (tertiary/aromatic N) is 4. The third kappa shape index (κ3) is 4.67. The Kier molecular flexibility index (Phi) is 5.54. The fourth-order valence-corrected chi connectivity index (χ4v) is 1.68. The molecule has 1 aromatic rings. The first-order valence-electron chi connectivity index (χ1n) is 6.78. The highest BCUT2D eigenvalue weighted by Crippen LogP contribution is 2.22. The molecule has 5 heteroatoms. The van der Waals surface area contributed by atoms with Gasteiger partial charge in [-0.3, -0.25) is 0 Å². The summed E-state index contributed by atoms with van der Waals surface area (Å²) in [4.78, 5) is 13.0. The lowest BCUT2D eigenvalue weighted by Crippen LogP contribution is -2.38. The molecular weight excluding hydrogens is 238 g/mol. The molecule has 1 N–H and O–H groups in total. The molecule has 0 bridgehead atoms. The summed E-state index contributed by atoms with van der Waals surface area (Å²) in [5.74, 6) is 1.93. The van der Waals surface area contributed by atoms with Crippen LogP contribution in [0.2, 0.25) is 0 Å². The summed E-state index contributed by atoms with van der Waals surface area (Å²) >= 11 is 0. The molecule has 0 amide bonds. The van der Waals surface area contributed by atoms with E-state index in [1.54, 1.807) is 6.33 Å². The summed E-state index contributed by atoms with van der Waals surface area (Å²) in [5, 5.41) is 3.16. The lowest BCUT2D eigenvalue weighted by Gasteiger charge is -2.33. The van der Waals surface area contributed by atoms with Crippen molar-refractivity contribution in [2.75, 3.05) is 44.0 Å². The van der Waals surface area contributed by atoms with Gasteiger partial charge in [0, 0.05) is 32.2 Å². The zero-order chi connectivity index (χ0) is 14.5. The Morgan fingerprint density at radius 2 is 1.79 bits per heavy atom. The Labute approximate surface area is 117 Å². The molecule has 0 saturated heterocycles. The van der Waals surface area contributed by atoms with Crippen LogP contribution in [0.1, 0.15) is 27.2 Å². The van der Waals surface area contributed by atoms with E-state index >= 15 is 0 Å². The highest BCUT2D eigenvalue weighted by atomic mass is 15.2. The van der Waals surface area contributed by atoms with Crippen LogP contribution in [0.4, 0.5) is 11.6 Å². The van der Waals surface area contributed by atoms with E-state index in [-0.39, 0.29) is 5.54 Å². The van der Waals surface area contributed by atoms with Crippen LogP contribution in [0.25, 0.3) is 0 Å². The van der Waals surface area contributed by atoms with Gasteiger partial charge in [0.15, 0.2) is 0 Å². The van der Waals surface area contributed by atoms with Gasteiger partial charge in [-0.2, -0.15) is 0 Å². The maximum atomic E-state index is 4.36. The molecule has 19 heavy (non-hydrogen) atoms. The Hall–Kier alpha value is -1.36. The van der Waals surface area contributed by atoms with Crippen molar-refractivity contribution in [3.8, 4) is 0 Å². The van der Waals surface area contributed by atoms with Crippen molar-refractivity contribution >= 4 is 11.6 Å². The second kappa shape index (κ2) is 6.70. The Morgan fingerprint density at radius 3 is 2.37 bits per heavy atom. The van der Waals surface area contributed by atoms with Crippen molar-refractivity contribution in [2.45, 2.75) is 32.7 Å². The molecule has 5 nitrogen and oxygen atoms in total. The number of aromatic nitrogens is 2. The standard InChI is InChI=1S/C14H27N5/c1-14(2,3)19(6)13-10-12(16-11-17-13)18(5)9-7-8-15-4/h10-11,15H,7-9H2,1-6H3.